The molecule has 3 aromatic rings. The molecule has 1 N–H and O–H groups in total. The number of likely N-dealkylation sites (N-methyl/N-ethyl adjacent to an activating group) is 1. The molecule has 4 rings (SSSR count). The van der Waals surface area contributed by atoms with Crippen molar-refractivity contribution in [3.8, 4) is 17.1 Å². The van der Waals surface area contributed by atoms with Gasteiger partial charge in [0, 0.05) is 18.2 Å². The number of methoxy groups -OCH3 is 1. The average molecular weight is 432 g/mol. The third-order valence-corrected chi connectivity index (χ3v) is 6.61. The monoisotopic (exact) mass is 432 g/mol. The first kappa shape index (κ1) is 20.5. The molecular weight excluding hydrogens is 411 g/mol. The zero-order valence-electron chi connectivity index (χ0n) is 16.4. The average Bonchev–Trinajstić information content (AvgIpc) is 3.34. The Labute approximate surface area is 173 Å². The van der Waals surface area contributed by atoms with Gasteiger partial charge in [0.15, 0.2) is 0 Å². The van der Waals surface area contributed by atoms with Crippen LogP contribution in [0.5, 0.6) is 5.75 Å². The standard InChI is InChI=1S/C20H21FN4O4S/c1-25-12-15(24-30(26,27)17-9-5-14(21)6-10-17)11-18(25)20-22-19(23-29-20)13-3-7-16(28-2)8-4-13/h3-10,15,18,24H,11-12H2,1-2H3. The van der Waals surface area contributed by atoms with Gasteiger partial charge in [-0.2, -0.15) is 4.98 Å². The van der Waals surface area contributed by atoms with Gasteiger partial charge in [-0.05, 0) is 62.0 Å². The van der Waals surface area contributed by atoms with Crippen LogP contribution in [0.3, 0.4) is 0 Å². The van der Waals surface area contributed by atoms with E-state index in [1.807, 2.05) is 36.2 Å². The molecule has 2 aromatic carbocycles. The molecule has 2 unspecified atom stereocenters. The number of nitrogens with zero attached hydrogens (tertiary/aromatic N) is 3. The van der Waals surface area contributed by atoms with E-state index >= 15 is 0 Å². The van der Waals surface area contributed by atoms with Crippen molar-refractivity contribution < 1.29 is 22.1 Å². The van der Waals surface area contributed by atoms with Gasteiger partial charge >= 0.3 is 0 Å². The van der Waals surface area contributed by atoms with Crippen LogP contribution in [-0.2, 0) is 10.0 Å². The molecule has 0 aliphatic carbocycles. The molecule has 1 fully saturated rings. The summed E-state index contributed by atoms with van der Waals surface area (Å²) in [6.45, 7) is 0.478. The van der Waals surface area contributed by atoms with Crippen molar-refractivity contribution in [2.75, 3.05) is 20.7 Å². The number of sulfonamides is 1. The highest BCUT2D eigenvalue weighted by molar-refractivity contribution is 7.89. The van der Waals surface area contributed by atoms with Gasteiger partial charge in [0.05, 0.1) is 18.0 Å². The Morgan fingerprint density at radius 1 is 1.17 bits per heavy atom. The SMILES string of the molecule is COc1ccc(-c2noc(C3CC(NS(=O)(=O)c4ccc(F)cc4)CN3C)n2)cc1. The predicted octanol–water partition coefficient (Wildman–Crippen LogP) is 2.61. The minimum absolute atomic E-state index is 0.0228. The minimum Gasteiger partial charge on any atom is -0.497 e. The Morgan fingerprint density at radius 2 is 1.87 bits per heavy atom. The van der Waals surface area contributed by atoms with Gasteiger partial charge < -0.3 is 9.26 Å². The van der Waals surface area contributed by atoms with E-state index in [9.17, 15) is 12.8 Å². The fourth-order valence-corrected chi connectivity index (χ4v) is 4.74. The van der Waals surface area contributed by atoms with Gasteiger partial charge in [0.1, 0.15) is 11.6 Å². The predicted molar refractivity (Wildman–Crippen MR) is 107 cm³/mol. The van der Waals surface area contributed by atoms with Crippen molar-refractivity contribution in [2.24, 2.45) is 0 Å². The number of benzene rings is 2. The van der Waals surface area contributed by atoms with Crippen molar-refractivity contribution in [3.05, 3.63) is 60.2 Å². The highest BCUT2D eigenvalue weighted by atomic mass is 32.2. The van der Waals surface area contributed by atoms with E-state index in [0.717, 1.165) is 23.4 Å². The summed E-state index contributed by atoms with van der Waals surface area (Å²) in [5, 5.41) is 4.05. The summed E-state index contributed by atoms with van der Waals surface area (Å²) in [7, 11) is -0.291. The summed E-state index contributed by atoms with van der Waals surface area (Å²) in [4.78, 5) is 6.47. The summed E-state index contributed by atoms with van der Waals surface area (Å²) < 4.78 is 51.5. The van der Waals surface area contributed by atoms with Gasteiger partial charge in [0.25, 0.3) is 0 Å². The quantitative estimate of drug-likeness (QED) is 0.639. The number of likely N-dealkylation sites (tertiary alicyclic amines) is 1. The smallest absolute Gasteiger partial charge is 0.244 e. The maximum atomic E-state index is 13.1. The Morgan fingerprint density at radius 3 is 2.53 bits per heavy atom. The fraction of sp³-hybridized carbons (Fsp3) is 0.300. The molecule has 30 heavy (non-hydrogen) atoms. The normalized spacial score (nSPS) is 19.8. The zero-order chi connectivity index (χ0) is 21.3. The van der Waals surface area contributed by atoms with Crippen molar-refractivity contribution in [1.82, 2.24) is 19.8 Å². The Bertz CT molecular complexity index is 1120. The van der Waals surface area contributed by atoms with Crippen molar-refractivity contribution in [3.63, 3.8) is 0 Å². The maximum absolute atomic E-state index is 13.1. The van der Waals surface area contributed by atoms with Crippen LogP contribution in [0.15, 0.2) is 57.9 Å². The largest absolute Gasteiger partial charge is 0.497 e. The molecule has 1 saturated heterocycles. The Balaban J connectivity index is 1.46. The molecule has 1 aromatic heterocycles. The summed E-state index contributed by atoms with van der Waals surface area (Å²) in [6.07, 6.45) is 0.473. The second kappa shape index (κ2) is 8.13. The topological polar surface area (TPSA) is 97.6 Å². The van der Waals surface area contributed by atoms with Gasteiger partial charge in [-0.3, -0.25) is 4.90 Å². The highest BCUT2D eigenvalue weighted by Crippen LogP contribution is 2.31. The van der Waals surface area contributed by atoms with Gasteiger partial charge in [0.2, 0.25) is 21.7 Å². The number of halogens is 1. The lowest BCUT2D eigenvalue weighted by Crippen LogP contribution is -2.36. The van der Waals surface area contributed by atoms with Gasteiger partial charge in [-0.25, -0.2) is 17.5 Å². The highest BCUT2D eigenvalue weighted by Gasteiger charge is 2.36. The Hall–Kier alpha value is -2.82. The summed E-state index contributed by atoms with van der Waals surface area (Å²) in [6, 6.07) is 11.5. The first-order chi connectivity index (χ1) is 14.4. The molecule has 158 valence electrons. The van der Waals surface area contributed by atoms with Crippen molar-refractivity contribution in [2.45, 2.75) is 23.4 Å². The summed E-state index contributed by atoms with van der Waals surface area (Å²) >= 11 is 0. The number of rotatable bonds is 6. The first-order valence-electron chi connectivity index (χ1n) is 9.32. The molecule has 1 aliphatic rings. The molecule has 2 atom stereocenters. The third kappa shape index (κ3) is 4.20. The second-order valence-corrected chi connectivity index (χ2v) is 8.86. The van der Waals surface area contributed by atoms with Crippen LogP contribution >= 0.6 is 0 Å². The molecule has 0 radical (unpaired) electrons. The molecule has 2 heterocycles. The first-order valence-corrected chi connectivity index (χ1v) is 10.8. The van der Waals surface area contributed by atoms with E-state index in [1.165, 1.54) is 12.1 Å². The Kier molecular flexibility index (Phi) is 5.54. The van der Waals surface area contributed by atoms with Crippen LogP contribution in [0.2, 0.25) is 0 Å². The van der Waals surface area contributed by atoms with Gasteiger partial charge in [-0.1, -0.05) is 5.16 Å². The lowest BCUT2D eigenvalue weighted by atomic mass is 10.2. The van der Waals surface area contributed by atoms with Crippen LogP contribution in [-0.4, -0.2) is 50.2 Å². The molecule has 1 aliphatic heterocycles. The number of aromatic nitrogens is 2. The molecule has 8 nitrogen and oxygen atoms in total. The van der Waals surface area contributed by atoms with E-state index in [2.05, 4.69) is 14.9 Å². The van der Waals surface area contributed by atoms with E-state index in [1.54, 1.807) is 7.11 Å². The zero-order valence-corrected chi connectivity index (χ0v) is 17.3. The maximum Gasteiger partial charge on any atom is 0.244 e. The molecule has 0 saturated carbocycles. The molecular formula is C20H21FN4O4S. The van der Waals surface area contributed by atoms with E-state index < -0.39 is 15.8 Å². The number of ether oxygens (including phenoxy) is 1. The minimum atomic E-state index is -3.76. The van der Waals surface area contributed by atoms with Crippen LogP contribution < -0.4 is 9.46 Å². The third-order valence-electron chi connectivity index (χ3n) is 5.07. The molecule has 0 amide bonds. The number of hydrogen-bond acceptors (Lipinski definition) is 7. The van der Waals surface area contributed by atoms with Crippen LogP contribution in [0.4, 0.5) is 4.39 Å². The van der Waals surface area contributed by atoms with Crippen molar-refractivity contribution in [1.29, 1.82) is 0 Å². The summed E-state index contributed by atoms with van der Waals surface area (Å²) in [5.74, 6) is 1.12. The van der Waals surface area contributed by atoms with E-state index in [-0.39, 0.29) is 17.0 Å². The fourth-order valence-electron chi connectivity index (χ4n) is 3.50. The lowest BCUT2D eigenvalue weighted by molar-refractivity contribution is 0.244. The van der Waals surface area contributed by atoms with E-state index in [4.69, 9.17) is 9.26 Å². The number of hydrogen-bond donors (Lipinski definition) is 1. The van der Waals surface area contributed by atoms with Gasteiger partial charge in [-0.15, -0.1) is 0 Å². The van der Waals surface area contributed by atoms with Crippen LogP contribution in [0.1, 0.15) is 18.4 Å². The van der Waals surface area contributed by atoms with E-state index in [0.29, 0.717) is 24.7 Å². The second-order valence-electron chi connectivity index (χ2n) is 7.15. The van der Waals surface area contributed by atoms with Crippen LogP contribution in [0.25, 0.3) is 11.4 Å². The summed E-state index contributed by atoms with van der Waals surface area (Å²) in [5.41, 5.74) is 0.792. The number of nitrogens with one attached hydrogen (secondary N) is 1. The lowest BCUT2D eigenvalue weighted by Gasteiger charge is -2.14. The van der Waals surface area contributed by atoms with Crippen LogP contribution in [0, 0.1) is 5.82 Å². The molecule has 0 spiro atoms. The molecule has 10 heteroatoms. The molecule has 0 bridgehead atoms. The van der Waals surface area contributed by atoms with Crippen molar-refractivity contribution >= 4 is 10.0 Å².